The van der Waals surface area contributed by atoms with Gasteiger partial charge in [-0.1, -0.05) is 13.8 Å². The molecule has 0 aromatic heterocycles. The highest BCUT2D eigenvalue weighted by atomic mass is 16.4. The monoisotopic (exact) mass is 495 g/mol. The number of rotatable bonds is 0. The second-order valence-electron chi connectivity index (χ2n) is 13.9. The van der Waals surface area contributed by atoms with Crippen LogP contribution in [0.3, 0.4) is 0 Å². The minimum Gasteiger partial charge on any atom is -0.390 e. The fourth-order valence-corrected chi connectivity index (χ4v) is 10.6. The summed E-state index contributed by atoms with van der Waals surface area (Å²) in [5, 5.41) is 81.5. The Hall–Kier alpha value is -0.320. The van der Waals surface area contributed by atoms with Gasteiger partial charge in [0.25, 0.3) is 0 Å². The second-order valence-corrected chi connectivity index (χ2v) is 13.9. The molecule has 6 aliphatic rings. The Kier molecular flexibility index (Phi) is 5.29. The molecule has 14 unspecified atom stereocenters. The number of hydrogen-bond donors (Lipinski definition) is 7. The third-order valence-corrected chi connectivity index (χ3v) is 12.6. The third kappa shape index (κ3) is 2.81. The van der Waals surface area contributed by atoms with Gasteiger partial charge in [0.1, 0.15) is 16.8 Å². The van der Waals surface area contributed by atoms with Crippen molar-refractivity contribution in [3.63, 3.8) is 0 Å². The van der Waals surface area contributed by atoms with Crippen molar-refractivity contribution in [3.8, 4) is 0 Å². The molecule has 0 aromatic carbocycles. The molecule has 6 fully saturated rings. The highest BCUT2D eigenvalue weighted by Gasteiger charge is 2.80. The molecule has 0 spiro atoms. The summed E-state index contributed by atoms with van der Waals surface area (Å²) in [7, 11) is 0. The summed E-state index contributed by atoms with van der Waals surface area (Å²) in [5.74, 6) is -0.997. The molecule has 6 rings (SSSR count). The zero-order valence-electron chi connectivity index (χ0n) is 21.3. The Labute approximate surface area is 208 Å². The minimum atomic E-state index is -1.94. The van der Waals surface area contributed by atoms with Crippen molar-refractivity contribution >= 4 is 0 Å². The van der Waals surface area contributed by atoms with E-state index in [9.17, 15) is 35.7 Å². The molecule has 0 amide bonds. The van der Waals surface area contributed by atoms with Crippen molar-refractivity contribution in [3.05, 3.63) is 0 Å². The molecule has 35 heavy (non-hydrogen) atoms. The number of aliphatic hydroxyl groups excluding tert-OH is 3. The van der Waals surface area contributed by atoms with E-state index in [0.717, 1.165) is 13.0 Å². The van der Waals surface area contributed by atoms with Gasteiger partial charge >= 0.3 is 0 Å². The van der Waals surface area contributed by atoms with E-state index in [1.54, 1.807) is 6.92 Å². The summed E-state index contributed by atoms with van der Waals surface area (Å²) in [6.45, 7) is 6.95. The van der Waals surface area contributed by atoms with Crippen LogP contribution in [0.15, 0.2) is 0 Å². The van der Waals surface area contributed by atoms with Gasteiger partial charge in [-0.25, -0.2) is 0 Å². The average Bonchev–Trinajstić information content (AvgIpc) is 3.02. The fraction of sp³-hybridized carbons (Fsp3) is 1.00. The number of nitrogens with zero attached hydrogens (tertiary/aromatic N) is 1. The molecule has 2 heterocycles. The molecule has 14 atom stereocenters. The Morgan fingerprint density at radius 1 is 0.743 bits per heavy atom. The van der Waals surface area contributed by atoms with Crippen molar-refractivity contribution in [2.24, 2.45) is 35.0 Å². The van der Waals surface area contributed by atoms with E-state index in [1.807, 2.05) is 0 Å². The molecule has 0 aromatic rings. The number of aliphatic hydroxyl groups is 7. The van der Waals surface area contributed by atoms with E-state index in [-0.39, 0.29) is 42.1 Å². The highest BCUT2D eigenvalue weighted by Crippen LogP contribution is 2.70. The van der Waals surface area contributed by atoms with Crippen LogP contribution in [0.25, 0.3) is 0 Å². The summed E-state index contributed by atoms with van der Waals surface area (Å²) in [6, 6.07) is -0.315. The lowest BCUT2D eigenvalue weighted by molar-refractivity contribution is -0.354. The van der Waals surface area contributed by atoms with Crippen LogP contribution in [0.2, 0.25) is 0 Å². The standard InChI is InChI=1S/C27H45NO7/c1-14-4-7-20-24(3,32)27(35)19(13-28(20)12-14)26(34)10-17-15(25(26,33)11-21(27)30)5-6-16-22(31)18(29)8-9-23(16,17)2/h14-22,29-35H,4-13H2,1-3H3. The Bertz CT molecular complexity index is 886. The summed E-state index contributed by atoms with van der Waals surface area (Å²) in [6.07, 6.45) is 1.19. The smallest absolute Gasteiger partial charge is 0.127 e. The van der Waals surface area contributed by atoms with Crippen LogP contribution < -0.4 is 0 Å². The van der Waals surface area contributed by atoms with E-state index in [4.69, 9.17) is 0 Å². The van der Waals surface area contributed by atoms with Gasteiger partial charge in [-0.3, -0.25) is 4.90 Å². The maximum atomic E-state index is 12.5. The maximum Gasteiger partial charge on any atom is 0.127 e. The first-order valence-electron chi connectivity index (χ1n) is 13.9. The van der Waals surface area contributed by atoms with Gasteiger partial charge in [0.05, 0.1) is 23.9 Å². The van der Waals surface area contributed by atoms with Gasteiger partial charge in [-0.05, 0) is 81.0 Å². The van der Waals surface area contributed by atoms with Crippen LogP contribution in [-0.2, 0) is 0 Å². The Morgan fingerprint density at radius 3 is 2.14 bits per heavy atom. The van der Waals surface area contributed by atoms with Crippen molar-refractivity contribution in [1.82, 2.24) is 4.90 Å². The predicted molar refractivity (Wildman–Crippen MR) is 127 cm³/mol. The van der Waals surface area contributed by atoms with E-state index in [1.165, 1.54) is 0 Å². The molecule has 0 radical (unpaired) electrons. The molecule has 4 aliphatic carbocycles. The fourth-order valence-electron chi connectivity index (χ4n) is 10.6. The molecular weight excluding hydrogens is 450 g/mol. The average molecular weight is 496 g/mol. The predicted octanol–water partition coefficient (Wildman–Crippen LogP) is -0.00640. The van der Waals surface area contributed by atoms with Crippen LogP contribution in [0.1, 0.15) is 72.1 Å². The van der Waals surface area contributed by atoms with E-state index >= 15 is 0 Å². The third-order valence-electron chi connectivity index (χ3n) is 12.6. The van der Waals surface area contributed by atoms with E-state index < -0.39 is 46.6 Å². The lowest BCUT2D eigenvalue weighted by Crippen LogP contribution is -2.85. The molecule has 0 bridgehead atoms. The van der Waals surface area contributed by atoms with Gasteiger partial charge in [0, 0.05) is 31.5 Å². The molecule has 2 saturated heterocycles. The van der Waals surface area contributed by atoms with Gasteiger partial charge in [-0.15, -0.1) is 0 Å². The maximum absolute atomic E-state index is 12.5. The van der Waals surface area contributed by atoms with Crippen molar-refractivity contribution < 1.29 is 35.7 Å². The van der Waals surface area contributed by atoms with Crippen LogP contribution in [-0.4, -0.2) is 100 Å². The van der Waals surface area contributed by atoms with Crippen molar-refractivity contribution in [2.75, 3.05) is 13.1 Å². The molecule has 8 heteroatoms. The topological polar surface area (TPSA) is 145 Å². The van der Waals surface area contributed by atoms with Crippen molar-refractivity contribution in [2.45, 2.75) is 119 Å². The van der Waals surface area contributed by atoms with Crippen molar-refractivity contribution in [1.29, 1.82) is 0 Å². The minimum absolute atomic E-state index is 0.115. The first-order valence-corrected chi connectivity index (χ1v) is 13.9. The first-order chi connectivity index (χ1) is 16.2. The zero-order chi connectivity index (χ0) is 25.3. The van der Waals surface area contributed by atoms with Gasteiger partial charge in [-0.2, -0.15) is 0 Å². The Morgan fingerprint density at radius 2 is 1.43 bits per heavy atom. The second kappa shape index (κ2) is 7.41. The molecule has 200 valence electrons. The normalized spacial score (nSPS) is 64.5. The molecule has 8 nitrogen and oxygen atoms in total. The summed E-state index contributed by atoms with van der Waals surface area (Å²) in [4.78, 5) is 2.16. The van der Waals surface area contributed by atoms with E-state index in [0.29, 0.717) is 44.6 Å². The summed E-state index contributed by atoms with van der Waals surface area (Å²) < 4.78 is 0. The van der Waals surface area contributed by atoms with Crippen LogP contribution in [0, 0.1) is 35.0 Å². The SMILES string of the molecule is CC1CCC2N(C1)CC1C3(O)CC4C(CCC5C(O)C(O)CCC54C)C3(O)CC(O)C1(O)C2(C)O. The number of piperidine rings is 2. The number of fused-ring (bicyclic) bond motifs is 8. The van der Waals surface area contributed by atoms with Crippen LogP contribution in [0.4, 0.5) is 0 Å². The quantitative estimate of drug-likeness (QED) is 0.249. The van der Waals surface area contributed by atoms with E-state index in [2.05, 4.69) is 18.7 Å². The molecular formula is C27H45NO7. The zero-order valence-corrected chi connectivity index (χ0v) is 21.3. The van der Waals surface area contributed by atoms with Gasteiger partial charge in [0.2, 0.25) is 0 Å². The molecule has 4 saturated carbocycles. The lowest BCUT2D eigenvalue weighted by atomic mass is 9.49. The highest BCUT2D eigenvalue weighted by molar-refractivity contribution is 5.31. The first kappa shape index (κ1) is 25.0. The molecule has 2 aliphatic heterocycles. The largest absolute Gasteiger partial charge is 0.390 e. The summed E-state index contributed by atoms with van der Waals surface area (Å²) in [5.41, 5.74) is -7.21. The van der Waals surface area contributed by atoms with Gasteiger partial charge < -0.3 is 35.7 Å². The van der Waals surface area contributed by atoms with Crippen LogP contribution in [0.5, 0.6) is 0 Å². The van der Waals surface area contributed by atoms with Crippen LogP contribution >= 0.6 is 0 Å². The molecule has 7 N–H and O–H groups in total. The van der Waals surface area contributed by atoms with Gasteiger partial charge in [0.15, 0.2) is 0 Å². The number of hydrogen-bond acceptors (Lipinski definition) is 8. The summed E-state index contributed by atoms with van der Waals surface area (Å²) >= 11 is 0. The Balaban J connectivity index is 1.43. The lowest BCUT2D eigenvalue weighted by Gasteiger charge is -2.68.